The molecule has 0 spiro atoms. The van der Waals surface area contributed by atoms with Crippen molar-refractivity contribution in [2.45, 2.75) is 111 Å². The van der Waals surface area contributed by atoms with E-state index in [2.05, 4.69) is 26.8 Å². The zero-order valence-corrected chi connectivity index (χ0v) is 20.6. The molecule has 2 aliphatic rings. The Balaban J connectivity index is 2.41. The highest BCUT2D eigenvalue weighted by atomic mass is 16.7. The summed E-state index contributed by atoms with van der Waals surface area (Å²) in [6.45, 7) is 7.37. The van der Waals surface area contributed by atoms with Crippen LogP contribution in [0.15, 0.2) is 24.0 Å². The second kappa shape index (κ2) is 13.4. The molecule has 1 saturated carbocycles. The molecule has 32 heavy (non-hydrogen) atoms. The third-order valence-corrected chi connectivity index (χ3v) is 7.29. The van der Waals surface area contributed by atoms with Gasteiger partial charge in [-0.1, -0.05) is 58.6 Å². The minimum atomic E-state index is -1.04. The number of hydrogen-bond acceptors (Lipinski definition) is 4. The molecule has 1 aliphatic carbocycles. The predicted molar refractivity (Wildman–Crippen MR) is 128 cm³/mol. The summed E-state index contributed by atoms with van der Waals surface area (Å²) < 4.78 is 12.4. The molecule has 5 nitrogen and oxygen atoms in total. The molecule has 1 saturated heterocycles. The highest BCUT2D eigenvalue weighted by molar-refractivity contribution is 5.78. The average molecular weight is 451 g/mol. The van der Waals surface area contributed by atoms with Crippen molar-refractivity contribution in [1.82, 2.24) is 0 Å². The van der Waals surface area contributed by atoms with Gasteiger partial charge in [-0.25, -0.2) is 0 Å². The topological polar surface area (TPSA) is 76.0 Å². The normalized spacial score (nSPS) is 22.9. The summed E-state index contributed by atoms with van der Waals surface area (Å²) in [4.78, 5) is 13.0. The fourth-order valence-corrected chi connectivity index (χ4v) is 5.24. The maximum absolute atomic E-state index is 13.0. The lowest BCUT2D eigenvalue weighted by Crippen LogP contribution is -2.42. The SMILES string of the molecule is CCCCC(C)(C)CC=C(OC1CCCCO1)[C@](CCC=CCO)(C(=O)O)C1CCCC1. The van der Waals surface area contributed by atoms with Gasteiger partial charge in [0.1, 0.15) is 11.2 Å². The van der Waals surface area contributed by atoms with E-state index in [0.29, 0.717) is 25.2 Å². The number of ether oxygens (including phenoxy) is 2. The Hall–Kier alpha value is -1.33. The second-order valence-corrected chi connectivity index (χ2v) is 10.4. The molecule has 2 atom stereocenters. The van der Waals surface area contributed by atoms with Crippen LogP contribution in [0.1, 0.15) is 104 Å². The molecule has 1 aliphatic heterocycles. The van der Waals surface area contributed by atoms with E-state index in [0.717, 1.165) is 64.2 Å². The van der Waals surface area contributed by atoms with Crippen molar-refractivity contribution in [1.29, 1.82) is 0 Å². The first-order valence-corrected chi connectivity index (χ1v) is 12.8. The van der Waals surface area contributed by atoms with Gasteiger partial charge < -0.3 is 19.7 Å². The molecule has 0 bridgehead atoms. The van der Waals surface area contributed by atoms with E-state index in [1.807, 2.05) is 6.08 Å². The lowest BCUT2D eigenvalue weighted by atomic mass is 9.68. The van der Waals surface area contributed by atoms with Crippen LogP contribution >= 0.6 is 0 Å². The summed E-state index contributed by atoms with van der Waals surface area (Å²) in [5.41, 5.74) is -0.952. The van der Waals surface area contributed by atoms with Crippen molar-refractivity contribution >= 4 is 5.97 Å². The van der Waals surface area contributed by atoms with E-state index in [4.69, 9.17) is 14.6 Å². The van der Waals surface area contributed by atoms with Crippen LogP contribution < -0.4 is 0 Å². The smallest absolute Gasteiger partial charge is 0.317 e. The first kappa shape index (κ1) is 26.9. The van der Waals surface area contributed by atoms with Gasteiger partial charge in [0.15, 0.2) is 6.29 Å². The fraction of sp³-hybridized carbons (Fsp3) is 0.815. The summed E-state index contributed by atoms with van der Waals surface area (Å²) in [5, 5.41) is 19.8. The van der Waals surface area contributed by atoms with E-state index < -0.39 is 11.4 Å². The van der Waals surface area contributed by atoms with Crippen LogP contribution in [0.25, 0.3) is 0 Å². The predicted octanol–water partition coefficient (Wildman–Crippen LogP) is 6.61. The monoisotopic (exact) mass is 450 g/mol. The molecule has 2 N–H and O–H groups in total. The number of aliphatic hydroxyl groups is 1. The van der Waals surface area contributed by atoms with Gasteiger partial charge in [-0.3, -0.25) is 4.79 Å². The van der Waals surface area contributed by atoms with Crippen molar-refractivity contribution in [3.8, 4) is 0 Å². The summed E-state index contributed by atoms with van der Waals surface area (Å²) in [5.74, 6) is -0.0999. The van der Waals surface area contributed by atoms with Gasteiger partial charge in [0.05, 0.1) is 13.2 Å². The summed E-state index contributed by atoms with van der Waals surface area (Å²) >= 11 is 0. The number of aliphatic hydroxyl groups excluding tert-OH is 1. The summed E-state index contributed by atoms with van der Waals surface area (Å²) in [7, 11) is 0. The van der Waals surface area contributed by atoms with Crippen LogP contribution in [0.4, 0.5) is 0 Å². The number of aliphatic carboxylic acids is 1. The maximum atomic E-state index is 13.0. The summed E-state index contributed by atoms with van der Waals surface area (Å²) in [6, 6.07) is 0. The number of carboxylic acid groups (broad SMARTS) is 1. The van der Waals surface area contributed by atoms with Gasteiger partial charge >= 0.3 is 5.97 Å². The second-order valence-electron chi connectivity index (χ2n) is 10.4. The first-order chi connectivity index (χ1) is 15.4. The van der Waals surface area contributed by atoms with E-state index in [9.17, 15) is 9.90 Å². The zero-order valence-electron chi connectivity index (χ0n) is 20.6. The molecule has 0 aromatic rings. The van der Waals surface area contributed by atoms with Gasteiger partial charge in [0.2, 0.25) is 0 Å². The summed E-state index contributed by atoms with van der Waals surface area (Å²) in [6.07, 6.45) is 17.5. The molecule has 0 radical (unpaired) electrons. The van der Waals surface area contributed by atoms with Gasteiger partial charge in [-0.15, -0.1) is 0 Å². The maximum Gasteiger partial charge on any atom is 0.317 e. The molecule has 0 aromatic carbocycles. The lowest BCUT2D eigenvalue weighted by Gasteiger charge is -2.39. The molecule has 2 fully saturated rings. The standard InChI is InChI=1S/C27H46O5/c1-4-5-17-26(2,3)19-16-23(32-24-15-9-12-21-31-24)27(25(29)30,18-10-6-11-20-28)22-13-7-8-14-22/h6,11,16,22,24,28H,4-5,7-10,12-15,17-21H2,1-3H3,(H,29,30)/t24?,27-/m1/s1. The Kier molecular flexibility index (Phi) is 11.3. The number of rotatable bonds is 14. The van der Waals surface area contributed by atoms with Gasteiger partial charge in [0, 0.05) is 6.42 Å². The number of unbranched alkanes of at least 4 members (excludes halogenated alkanes) is 1. The number of hydrogen-bond donors (Lipinski definition) is 2. The minimum Gasteiger partial charge on any atom is -0.480 e. The Labute approximate surface area is 195 Å². The molecule has 2 rings (SSSR count). The number of carboxylic acids is 1. The Bertz CT molecular complexity index is 612. The van der Waals surface area contributed by atoms with Crippen LogP contribution in [-0.2, 0) is 14.3 Å². The highest BCUT2D eigenvalue weighted by Crippen LogP contribution is 2.50. The van der Waals surface area contributed by atoms with Crippen LogP contribution in [0.3, 0.4) is 0 Å². The Morgan fingerprint density at radius 3 is 2.41 bits per heavy atom. The van der Waals surface area contributed by atoms with Crippen molar-refractivity contribution in [3.05, 3.63) is 24.0 Å². The Morgan fingerprint density at radius 2 is 1.81 bits per heavy atom. The third kappa shape index (κ3) is 7.62. The largest absolute Gasteiger partial charge is 0.480 e. The molecule has 5 heteroatoms. The molecule has 0 aromatic heterocycles. The molecule has 1 heterocycles. The van der Waals surface area contributed by atoms with Gasteiger partial charge in [-0.2, -0.15) is 0 Å². The van der Waals surface area contributed by atoms with Crippen LogP contribution in [0, 0.1) is 16.7 Å². The van der Waals surface area contributed by atoms with Crippen LogP contribution in [0.2, 0.25) is 0 Å². The molecule has 184 valence electrons. The number of allylic oxidation sites excluding steroid dienone is 2. The van der Waals surface area contributed by atoms with Crippen molar-refractivity contribution in [2.24, 2.45) is 16.7 Å². The molecular formula is C27H46O5. The van der Waals surface area contributed by atoms with Crippen molar-refractivity contribution < 1.29 is 24.5 Å². The fourth-order valence-electron chi connectivity index (χ4n) is 5.24. The average Bonchev–Trinajstić information content (AvgIpc) is 3.31. The number of carbonyl (C=O) groups is 1. The quantitative estimate of drug-likeness (QED) is 0.230. The van der Waals surface area contributed by atoms with Gasteiger partial charge in [-0.05, 0) is 68.8 Å². The minimum absolute atomic E-state index is 0.0236. The van der Waals surface area contributed by atoms with Crippen molar-refractivity contribution in [2.75, 3.05) is 13.2 Å². The first-order valence-electron chi connectivity index (χ1n) is 12.8. The van der Waals surface area contributed by atoms with Crippen LogP contribution in [0.5, 0.6) is 0 Å². The van der Waals surface area contributed by atoms with E-state index in [1.165, 1.54) is 6.42 Å². The van der Waals surface area contributed by atoms with Crippen molar-refractivity contribution in [3.63, 3.8) is 0 Å². The van der Waals surface area contributed by atoms with E-state index >= 15 is 0 Å². The van der Waals surface area contributed by atoms with E-state index in [1.54, 1.807) is 6.08 Å². The zero-order chi connectivity index (χ0) is 23.5. The third-order valence-electron chi connectivity index (χ3n) is 7.29. The lowest BCUT2D eigenvalue weighted by molar-refractivity contribution is -0.171. The molecular weight excluding hydrogens is 404 g/mol. The molecule has 0 amide bonds. The molecule has 1 unspecified atom stereocenters. The van der Waals surface area contributed by atoms with Gasteiger partial charge in [0.25, 0.3) is 0 Å². The Morgan fingerprint density at radius 1 is 1.09 bits per heavy atom. The van der Waals surface area contributed by atoms with Crippen LogP contribution in [-0.4, -0.2) is 35.7 Å². The highest BCUT2D eigenvalue weighted by Gasteiger charge is 2.51. The van der Waals surface area contributed by atoms with E-state index in [-0.39, 0.29) is 24.2 Å².